The van der Waals surface area contributed by atoms with Crippen LogP contribution in [0.25, 0.3) is 0 Å². The zero-order chi connectivity index (χ0) is 11.4. The SMILES string of the molecule is CCC1CCN(C2CCC(OC)C2)CCN1. The molecule has 0 aromatic heterocycles. The van der Waals surface area contributed by atoms with Crippen LogP contribution in [0.4, 0.5) is 0 Å². The molecule has 1 saturated heterocycles. The number of ether oxygens (including phenoxy) is 1. The summed E-state index contributed by atoms with van der Waals surface area (Å²) in [6.07, 6.45) is 6.91. The van der Waals surface area contributed by atoms with E-state index in [9.17, 15) is 0 Å². The molecule has 1 heterocycles. The maximum absolute atomic E-state index is 5.46. The van der Waals surface area contributed by atoms with E-state index in [4.69, 9.17) is 4.74 Å². The van der Waals surface area contributed by atoms with Crippen LogP contribution in [0.3, 0.4) is 0 Å². The molecule has 3 atom stereocenters. The average molecular weight is 226 g/mol. The molecule has 3 unspecified atom stereocenters. The lowest BCUT2D eigenvalue weighted by Crippen LogP contribution is -2.36. The Labute approximate surface area is 99.5 Å². The second-order valence-electron chi connectivity index (χ2n) is 5.21. The van der Waals surface area contributed by atoms with E-state index in [1.165, 1.54) is 45.2 Å². The predicted molar refractivity (Wildman–Crippen MR) is 66.7 cm³/mol. The van der Waals surface area contributed by atoms with Gasteiger partial charge >= 0.3 is 0 Å². The first-order valence-corrected chi connectivity index (χ1v) is 6.83. The molecule has 0 aromatic carbocycles. The lowest BCUT2D eigenvalue weighted by molar-refractivity contribution is 0.0974. The minimum Gasteiger partial charge on any atom is -0.381 e. The van der Waals surface area contributed by atoms with Crippen LogP contribution in [-0.4, -0.2) is 49.8 Å². The molecule has 1 N–H and O–H groups in total. The summed E-state index contributed by atoms with van der Waals surface area (Å²) in [6.45, 7) is 5.93. The highest BCUT2D eigenvalue weighted by molar-refractivity contribution is 4.86. The van der Waals surface area contributed by atoms with E-state index in [-0.39, 0.29) is 0 Å². The molecule has 2 rings (SSSR count). The summed E-state index contributed by atoms with van der Waals surface area (Å²) >= 11 is 0. The van der Waals surface area contributed by atoms with Gasteiger partial charge in [-0.2, -0.15) is 0 Å². The van der Waals surface area contributed by atoms with E-state index in [0.29, 0.717) is 6.10 Å². The Morgan fingerprint density at radius 3 is 2.81 bits per heavy atom. The van der Waals surface area contributed by atoms with Crippen LogP contribution in [-0.2, 0) is 4.74 Å². The first-order valence-electron chi connectivity index (χ1n) is 6.83. The van der Waals surface area contributed by atoms with Crippen molar-refractivity contribution in [2.24, 2.45) is 0 Å². The lowest BCUT2D eigenvalue weighted by Gasteiger charge is -2.27. The Morgan fingerprint density at radius 1 is 1.25 bits per heavy atom. The minimum absolute atomic E-state index is 0.517. The second-order valence-corrected chi connectivity index (χ2v) is 5.21. The fraction of sp³-hybridized carbons (Fsp3) is 1.00. The zero-order valence-electron chi connectivity index (χ0n) is 10.7. The van der Waals surface area contributed by atoms with Gasteiger partial charge in [0.1, 0.15) is 0 Å². The van der Waals surface area contributed by atoms with Crippen LogP contribution in [0, 0.1) is 0 Å². The van der Waals surface area contributed by atoms with Crippen molar-refractivity contribution in [1.29, 1.82) is 0 Å². The van der Waals surface area contributed by atoms with Crippen molar-refractivity contribution >= 4 is 0 Å². The molecule has 3 nitrogen and oxygen atoms in total. The van der Waals surface area contributed by atoms with Gasteiger partial charge in [0, 0.05) is 32.3 Å². The number of hydrogen-bond donors (Lipinski definition) is 1. The number of hydrogen-bond acceptors (Lipinski definition) is 3. The van der Waals surface area contributed by atoms with Crippen LogP contribution < -0.4 is 5.32 Å². The molecule has 0 radical (unpaired) electrons. The van der Waals surface area contributed by atoms with Gasteiger partial charge in [0.2, 0.25) is 0 Å². The van der Waals surface area contributed by atoms with E-state index < -0.39 is 0 Å². The standard InChI is InChI=1S/C13H26N2O/c1-3-11-6-8-15(9-7-14-11)12-4-5-13(10-12)16-2/h11-14H,3-10H2,1-2H3. The van der Waals surface area contributed by atoms with Crippen molar-refractivity contribution in [3.63, 3.8) is 0 Å². The number of methoxy groups -OCH3 is 1. The van der Waals surface area contributed by atoms with E-state index in [1.54, 1.807) is 0 Å². The van der Waals surface area contributed by atoms with E-state index >= 15 is 0 Å². The topological polar surface area (TPSA) is 24.5 Å². The normalized spacial score (nSPS) is 37.5. The molecule has 16 heavy (non-hydrogen) atoms. The van der Waals surface area contributed by atoms with Crippen LogP contribution in [0.15, 0.2) is 0 Å². The van der Waals surface area contributed by atoms with Gasteiger partial charge in [-0.1, -0.05) is 6.92 Å². The largest absolute Gasteiger partial charge is 0.381 e. The highest BCUT2D eigenvalue weighted by atomic mass is 16.5. The Hall–Kier alpha value is -0.120. The summed E-state index contributed by atoms with van der Waals surface area (Å²) in [5.41, 5.74) is 0. The number of rotatable bonds is 3. The first kappa shape index (κ1) is 12.3. The molecule has 0 bridgehead atoms. The van der Waals surface area contributed by atoms with Crippen molar-refractivity contribution in [3.05, 3.63) is 0 Å². The molecule has 1 aliphatic heterocycles. The molecular weight excluding hydrogens is 200 g/mol. The molecule has 94 valence electrons. The van der Waals surface area contributed by atoms with Gasteiger partial charge in [0.25, 0.3) is 0 Å². The van der Waals surface area contributed by atoms with Crippen LogP contribution in [0.5, 0.6) is 0 Å². The monoisotopic (exact) mass is 226 g/mol. The molecular formula is C13H26N2O. The Kier molecular flexibility index (Phi) is 4.62. The predicted octanol–water partition coefficient (Wildman–Crippen LogP) is 1.63. The van der Waals surface area contributed by atoms with Gasteiger partial charge in [-0.25, -0.2) is 0 Å². The third kappa shape index (κ3) is 2.96. The van der Waals surface area contributed by atoms with Gasteiger partial charge in [0.05, 0.1) is 6.10 Å². The molecule has 2 fully saturated rings. The Morgan fingerprint density at radius 2 is 2.12 bits per heavy atom. The highest BCUT2D eigenvalue weighted by Gasteiger charge is 2.30. The maximum atomic E-state index is 5.46. The molecule has 1 aliphatic carbocycles. The summed E-state index contributed by atoms with van der Waals surface area (Å²) in [4.78, 5) is 2.68. The van der Waals surface area contributed by atoms with E-state index in [0.717, 1.165) is 18.6 Å². The smallest absolute Gasteiger partial charge is 0.0586 e. The van der Waals surface area contributed by atoms with Crippen molar-refractivity contribution < 1.29 is 4.74 Å². The third-order valence-electron chi connectivity index (χ3n) is 4.30. The Balaban J connectivity index is 1.81. The summed E-state index contributed by atoms with van der Waals surface area (Å²) in [6, 6.07) is 1.52. The fourth-order valence-corrected chi connectivity index (χ4v) is 3.12. The lowest BCUT2D eigenvalue weighted by atomic mass is 10.1. The van der Waals surface area contributed by atoms with Crippen LogP contribution in [0.2, 0.25) is 0 Å². The summed E-state index contributed by atoms with van der Waals surface area (Å²) < 4.78 is 5.46. The van der Waals surface area contributed by atoms with Crippen molar-refractivity contribution in [3.8, 4) is 0 Å². The summed E-state index contributed by atoms with van der Waals surface area (Å²) in [5.74, 6) is 0. The molecule has 1 saturated carbocycles. The summed E-state index contributed by atoms with van der Waals surface area (Å²) in [7, 11) is 1.85. The average Bonchev–Trinajstić information content (AvgIpc) is 2.67. The van der Waals surface area contributed by atoms with Crippen LogP contribution in [0.1, 0.15) is 39.0 Å². The van der Waals surface area contributed by atoms with E-state index in [1.807, 2.05) is 7.11 Å². The number of nitrogens with zero attached hydrogens (tertiary/aromatic N) is 1. The third-order valence-corrected chi connectivity index (χ3v) is 4.30. The summed E-state index contributed by atoms with van der Waals surface area (Å²) in [5, 5.41) is 3.64. The fourth-order valence-electron chi connectivity index (χ4n) is 3.12. The highest BCUT2D eigenvalue weighted by Crippen LogP contribution is 2.26. The van der Waals surface area contributed by atoms with Gasteiger partial charge in [-0.05, 0) is 38.6 Å². The minimum atomic E-state index is 0.517. The maximum Gasteiger partial charge on any atom is 0.0586 e. The van der Waals surface area contributed by atoms with Gasteiger partial charge in [-0.15, -0.1) is 0 Å². The molecule has 2 aliphatic rings. The van der Waals surface area contributed by atoms with Gasteiger partial charge in [-0.3, -0.25) is 4.90 Å². The Bertz CT molecular complexity index is 210. The van der Waals surface area contributed by atoms with Crippen molar-refractivity contribution in [2.75, 3.05) is 26.7 Å². The number of nitrogens with one attached hydrogen (secondary N) is 1. The van der Waals surface area contributed by atoms with Crippen LogP contribution >= 0.6 is 0 Å². The molecule has 0 spiro atoms. The molecule has 0 aromatic rings. The van der Waals surface area contributed by atoms with Gasteiger partial charge < -0.3 is 10.1 Å². The molecule has 3 heteroatoms. The first-order chi connectivity index (χ1) is 7.83. The zero-order valence-corrected chi connectivity index (χ0v) is 10.7. The second kappa shape index (κ2) is 5.99. The van der Waals surface area contributed by atoms with E-state index in [2.05, 4.69) is 17.1 Å². The van der Waals surface area contributed by atoms with Gasteiger partial charge in [0.15, 0.2) is 0 Å². The molecule has 0 amide bonds. The van der Waals surface area contributed by atoms with Crippen molar-refractivity contribution in [2.45, 2.75) is 57.2 Å². The quantitative estimate of drug-likeness (QED) is 0.791. The van der Waals surface area contributed by atoms with Crippen molar-refractivity contribution in [1.82, 2.24) is 10.2 Å².